The maximum absolute atomic E-state index is 11.7. The van der Waals surface area contributed by atoms with Crippen LogP contribution in [0, 0.1) is 0 Å². The molecule has 1 fully saturated rings. The summed E-state index contributed by atoms with van der Waals surface area (Å²) in [6.07, 6.45) is 0.728. The van der Waals surface area contributed by atoms with E-state index >= 15 is 0 Å². The fourth-order valence-corrected chi connectivity index (χ4v) is 12.9. The molecule has 1 heterocycles. The zero-order valence-corrected chi connectivity index (χ0v) is 33.0. The van der Waals surface area contributed by atoms with Gasteiger partial charge in [0.1, 0.15) is 5.75 Å². The lowest BCUT2D eigenvalue weighted by molar-refractivity contribution is -0.141. The van der Waals surface area contributed by atoms with E-state index in [1.807, 2.05) is 36.4 Å². The van der Waals surface area contributed by atoms with Gasteiger partial charge in [0.2, 0.25) is 0 Å². The van der Waals surface area contributed by atoms with Gasteiger partial charge in [-0.2, -0.15) is 0 Å². The van der Waals surface area contributed by atoms with Crippen LogP contribution in [0.2, 0.25) is 24.7 Å². The van der Waals surface area contributed by atoms with Crippen molar-refractivity contribution in [2.24, 2.45) is 0 Å². The quantitative estimate of drug-likeness (QED) is 0.136. The van der Waals surface area contributed by atoms with Gasteiger partial charge in [-0.05, 0) is 84.9 Å². The first-order valence-electron chi connectivity index (χ1n) is 17.9. The molecule has 274 valence electrons. The minimum atomic E-state index is -2.74. The third-order valence-corrected chi connectivity index (χ3v) is 15.3. The molecule has 50 heavy (non-hydrogen) atoms. The van der Waals surface area contributed by atoms with E-state index < -0.39 is 34.8 Å². The summed E-state index contributed by atoms with van der Waals surface area (Å²) < 4.78 is 32.0. The number of methoxy groups -OCH3 is 1. The predicted molar refractivity (Wildman–Crippen MR) is 203 cm³/mol. The second-order valence-corrected chi connectivity index (χ2v) is 24.3. The largest absolute Gasteiger partial charge is 0.497 e. The van der Waals surface area contributed by atoms with E-state index in [1.54, 1.807) is 7.11 Å². The Morgan fingerprint density at radius 1 is 0.860 bits per heavy atom. The van der Waals surface area contributed by atoms with Crippen molar-refractivity contribution >= 4 is 33.0 Å². The van der Waals surface area contributed by atoms with E-state index in [-0.39, 0.29) is 29.8 Å². The van der Waals surface area contributed by atoms with E-state index in [4.69, 9.17) is 23.1 Å². The Hall–Kier alpha value is -2.84. The second-order valence-electron chi connectivity index (χ2n) is 15.5. The predicted octanol–water partition coefficient (Wildman–Crippen LogP) is 6.93. The Morgan fingerprint density at radius 3 is 1.88 bits per heavy atom. The number of aliphatic hydroxyl groups is 1. The number of carboxylic acid groups (broad SMARTS) is 1. The van der Waals surface area contributed by atoms with E-state index in [1.165, 1.54) is 10.4 Å². The van der Waals surface area contributed by atoms with E-state index in [2.05, 4.69) is 88.9 Å². The van der Waals surface area contributed by atoms with Crippen molar-refractivity contribution in [2.45, 2.75) is 121 Å². The van der Waals surface area contributed by atoms with Crippen molar-refractivity contribution < 1.29 is 38.1 Å². The Labute approximate surface area is 301 Å². The first-order chi connectivity index (χ1) is 23.7. The molecule has 0 radical (unpaired) electrons. The third-order valence-electron chi connectivity index (χ3n) is 9.25. The van der Waals surface area contributed by atoms with Crippen molar-refractivity contribution in [1.29, 1.82) is 0 Å². The molecule has 0 saturated carbocycles. The van der Waals surface area contributed by atoms with Gasteiger partial charge >= 0.3 is 5.97 Å². The number of carboxylic acids is 1. The lowest BCUT2D eigenvalue weighted by Gasteiger charge is -2.43. The average molecular weight is 723 g/mol. The summed E-state index contributed by atoms with van der Waals surface area (Å²) >= 11 is 0. The van der Waals surface area contributed by atoms with Crippen LogP contribution in [0.4, 0.5) is 0 Å². The van der Waals surface area contributed by atoms with Crippen LogP contribution in [-0.2, 0) is 29.7 Å². The smallest absolute Gasteiger partial charge is 0.305 e. The van der Waals surface area contributed by atoms with Gasteiger partial charge in [0.15, 0.2) is 8.32 Å². The summed E-state index contributed by atoms with van der Waals surface area (Å²) in [5.74, 6) is -0.104. The van der Waals surface area contributed by atoms with Gasteiger partial charge < -0.3 is 33.3 Å². The SMILES string of the molecule is COc1ccc(CO[C@@H](CCO[Si](c2ccccc2)(c2ccccc2)C(C)(C)C)C[C@@H]2C[C@H](O)C[C@H](CC(CC(=O)O)O[Si](C)(C)C)O2)cc1. The molecule has 8 nitrogen and oxygen atoms in total. The molecule has 0 aliphatic carbocycles. The van der Waals surface area contributed by atoms with Crippen molar-refractivity contribution in [3.63, 3.8) is 0 Å². The van der Waals surface area contributed by atoms with Gasteiger partial charge in [-0.15, -0.1) is 0 Å². The number of hydrogen-bond acceptors (Lipinski definition) is 7. The van der Waals surface area contributed by atoms with Gasteiger partial charge in [-0.1, -0.05) is 93.6 Å². The van der Waals surface area contributed by atoms with Gasteiger partial charge in [-0.3, -0.25) is 4.79 Å². The molecule has 0 bridgehead atoms. The Bertz CT molecular complexity index is 1400. The molecule has 4 rings (SSSR count). The zero-order chi connectivity index (χ0) is 36.4. The highest BCUT2D eigenvalue weighted by atomic mass is 28.4. The third kappa shape index (κ3) is 11.6. The summed E-state index contributed by atoms with van der Waals surface area (Å²) in [6, 6.07) is 29.1. The number of aliphatic hydroxyl groups excluding tert-OH is 1. The minimum absolute atomic E-state index is 0.0852. The first-order valence-corrected chi connectivity index (χ1v) is 23.2. The van der Waals surface area contributed by atoms with Crippen LogP contribution in [0.25, 0.3) is 0 Å². The molecule has 1 unspecified atom stereocenters. The van der Waals surface area contributed by atoms with Crippen LogP contribution in [0.15, 0.2) is 84.9 Å². The molecule has 0 aromatic heterocycles. The van der Waals surface area contributed by atoms with Crippen LogP contribution in [0.1, 0.15) is 64.9 Å². The van der Waals surface area contributed by atoms with Crippen LogP contribution in [-0.4, -0.2) is 77.1 Å². The average Bonchev–Trinajstić information content (AvgIpc) is 3.04. The molecule has 10 heteroatoms. The van der Waals surface area contributed by atoms with Gasteiger partial charge in [0.25, 0.3) is 8.32 Å². The normalized spacial score (nSPS) is 19.9. The van der Waals surface area contributed by atoms with E-state index in [0.29, 0.717) is 45.3 Å². The summed E-state index contributed by atoms with van der Waals surface area (Å²) in [6.45, 7) is 13.9. The van der Waals surface area contributed by atoms with Gasteiger partial charge in [-0.25, -0.2) is 0 Å². The maximum Gasteiger partial charge on any atom is 0.305 e. The van der Waals surface area contributed by atoms with Gasteiger partial charge in [0.05, 0.1) is 50.7 Å². The van der Waals surface area contributed by atoms with Gasteiger partial charge in [0, 0.05) is 6.61 Å². The standard InChI is InChI=1S/C40H58O8Si2/c1-40(2,3)50(37-14-10-8-11-15-37,38-16-12-9-13-17-38)46-23-22-33(45-29-30-18-20-32(44-4)21-19-30)26-34-24-31(41)25-35(47-34)27-36(28-39(42)43)48-49(5,6)7/h8-21,31,33-36,41H,22-29H2,1-7H3,(H,42,43)/t31-,33-,34-,35+,36?/m0/s1. The molecular formula is C40H58O8Si2. The van der Waals surface area contributed by atoms with Crippen LogP contribution < -0.4 is 15.1 Å². The number of rotatable bonds is 18. The number of carbonyl (C=O) groups is 1. The minimum Gasteiger partial charge on any atom is -0.497 e. The highest BCUT2D eigenvalue weighted by Crippen LogP contribution is 2.37. The molecular weight excluding hydrogens is 665 g/mol. The molecule has 5 atom stereocenters. The topological polar surface area (TPSA) is 104 Å². The molecule has 0 amide bonds. The second kappa shape index (κ2) is 18.1. The first kappa shape index (κ1) is 39.9. The number of ether oxygens (including phenoxy) is 3. The molecule has 0 spiro atoms. The van der Waals surface area contributed by atoms with Crippen LogP contribution in [0.3, 0.4) is 0 Å². The summed E-state index contributed by atoms with van der Waals surface area (Å²) in [7, 11) is -3.08. The van der Waals surface area contributed by atoms with Crippen molar-refractivity contribution in [1.82, 2.24) is 0 Å². The summed E-state index contributed by atoms with van der Waals surface area (Å²) in [4.78, 5) is 11.7. The highest BCUT2D eigenvalue weighted by molar-refractivity contribution is 6.99. The van der Waals surface area contributed by atoms with Crippen molar-refractivity contribution in [3.05, 3.63) is 90.5 Å². The highest BCUT2D eigenvalue weighted by Gasteiger charge is 2.50. The summed E-state index contributed by atoms with van der Waals surface area (Å²) in [5.41, 5.74) is 1.03. The van der Waals surface area contributed by atoms with Crippen molar-refractivity contribution in [2.75, 3.05) is 13.7 Å². The lowest BCUT2D eigenvalue weighted by atomic mass is 9.93. The van der Waals surface area contributed by atoms with Crippen LogP contribution >= 0.6 is 0 Å². The monoisotopic (exact) mass is 722 g/mol. The lowest BCUT2D eigenvalue weighted by Crippen LogP contribution is -2.66. The zero-order valence-electron chi connectivity index (χ0n) is 31.0. The molecule has 3 aromatic carbocycles. The number of hydrogen-bond donors (Lipinski definition) is 2. The Morgan fingerprint density at radius 2 is 1.40 bits per heavy atom. The van der Waals surface area contributed by atoms with E-state index in [9.17, 15) is 15.0 Å². The summed E-state index contributed by atoms with van der Waals surface area (Å²) in [5, 5.41) is 22.8. The maximum atomic E-state index is 11.7. The Kier molecular flexibility index (Phi) is 14.4. The fourth-order valence-electron chi connectivity index (χ4n) is 7.15. The van der Waals surface area contributed by atoms with Crippen LogP contribution in [0.5, 0.6) is 5.75 Å². The molecule has 3 aromatic rings. The molecule has 1 aliphatic rings. The van der Waals surface area contributed by atoms with E-state index in [0.717, 1.165) is 11.3 Å². The molecule has 2 N–H and O–H groups in total. The van der Waals surface area contributed by atoms with Crippen molar-refractivity contribution in [3.8, 4) is 5.75 Å². The molecule has 1 saturated heterocycles. The number of benzene rings is 3. The molecule has 1 aliphatic heterocycles. The number of aliphatic carboxylic acids is 1. The Balaban J connectivity index is 1.54. The fraction of sp³-hybridized carbons (Fsp3) is 0.525.